The number of hydrogen-bond donors (Lipinski definition) is 2. The highest BCUT2D eigenvalue weighted by Crippen LogP contribution is 2.08. The maximum absolute atomic E-state index is 12.1. The van der Waals surface area contributed by atoms with Crippen LogP contribution in [0.4, 0.5) is 0 Å². The molecule has 1 heterocycles. The van der Waals surface area contributed by atoms with Gasteiger partial charge in [0.2, 0.25) is 10.0 Å². The summed E-state index contributed by atoms with van der Waals surface area (Å²) in [5.74, 6) is 0.449. The minimum Gasteiger partial charge on any atom is -0.310 e. The number of rotatable bonds is 5. The summed E-state index contributed by atoms with van der Waals surface area (Å²) in [6.45, 7) is 0.151. The zero-order valence-corrected chi connectivity index (χ0v) is 13.0. The molecule has 0 aliphatic rings. The molecule has 3 aromatic rings. The second-order valence-corrected chi connectivity index (χ2v) is 6.76. The molecule has 0 radical (unpaired) electrons. The van der Waals surface area contributed by atoms with Gasteiger partial charge in [0.25, 0.3) is 5.56 Å². The number of fused-ring (bicyclic) bond motifs is 1. The molecule has 3 rings (SSSR count). The van der Waals surface area contributed by atoms with Crippen molar-refractivity contribution in [3.63, 3.8) is 0 Å². The lowest BCUT2D eigenvalue weighted by molar-refractivity contribution is 0.581. The zero-order chi connectivity index (χ0) is 16.3. The first-order chi connectivity index (χ1) is 11.1. The Balaban J connectivity index is 1.73. The molecule has 0 atom stereocenters. The van der Waals surface area contributed by atoms with Crippen molar-refractivity contribution < 1.29 is 8.42 Å². The summed E-state index contributed by atoms with van der Waals surface area (Å²) in [5.41, 5.74) is 0.369. The molecule has 0 fully saturated rings. The Kier molecular flexibility index (Phi) is 4.22. The molecule has 7 heteroatoms. The number of nitrogens with zero attached hydrogens (tertiary/aromatic N) is 1. The minimum atomic E-state index is -3.55. The molecule has 2 aromatic carbocycles. The summed E-state index contributed by atoms with van der Waals surface area (Å²) in [4.78, 5) is 19.2. The molecule has 0 aliphatic heterocycles. The van der Waals surface area contributed by atoms with Crippen LogP contribution in [-0.4, -0.2) is 24.9 Å². The summed E-state index contributed by atoms with van der Waals surface area (Å²) in [6, 6.07) is 15.2. The van der Waals surface area contributed by atoms with Gasteiger partial charge in [0.05, 0.1) is 15.8 Å². The van der Waals surface area contributed by atoms with Crippen LogP contribution in [0.5, 0.6) is 0 Å². The lowest BCUT2D eigenvalue weighted by Gasteiger charge is -2.07. The number of aromatic amines is 1. The lowest BCUT2D eigenvalue weighted by Crippen LogP contribution is -2.27. The van der Waals surface area contributed by atoms with Crippen LogP contribution in [-0.2, 0) is 16.4 Å². The van der Waals surface area contributed by atoms with E-state index in [-0.39, 0.29) is 17.0 Å². The number of H-pyrrole nitrogens is 1. The molecule has 1 aromatic heterocycles. The van der Waals surface area contributed by atoms with Crippen molar-refractivity contribution in [3.8, 4) is 0 Å². The second kappa shape index (κ2) is 6.31. The monoisotopic (exact) mass is 329 g/mol. The van der Waals surface area contributed by atoms with E-state index in [2.05, 4.69) is 14.7 Å². The first kappa shape index (κ1) is 15.4. The van der Waals surface area contributed by atoms with Gasteiger partial charge in [-0.3, -0.25) is 4.79 Å². The molecule has 0 amide bonds. The van der Waals surface area contributed by atoms with Gasteiger partial charge in [0.1, 0.15) is 5.82 Å². The van der Waals surface area contributed by atoms with E-state index in [1.54, 1.807) is 42.5 Å². The Labute approximate surface area is 133 Å². The standard InChI is InChI=1S/C16H15N3O3S/c20-16-13-8-4-5-9-14(13)18-15(19-16)10-11-17-23(21,22)12-6-2-1-3-7-12/h1-9,17H,10-11H2,(H,18,19,20). The SMILES string of the molecule is O=c1[nH]c(CCNS(=O)(=O)c2ccccc2)nc2ccccc12. The maximum Gasteiger partial charge on any atom is 0.258 e. The fraction of sp³-hybridized carbons (Fsp3) is 0.125. The largest absolute Gasteiger partial charge is 0.310 e. The van der Waals surface area contributed by atoms with E-state index in [1.807, 2.05) is 0 Å². The van der Waals surface area contributed by atoms with Crippen molar-refractivity contribution in [2.45, 2.75) is 11.3 Å². The quantitative estimate of drug-likeness (QED) is 0.741. The summed E-state index contributed by atoms with van der Waals surface area (Å²) in [5, 5.41) is 0.515. The van der Waals surface area contributed by atoms with Crippen LogP contribution >= 0.6 is 0 Å². The minimum absolute atomic E-state index is 0.151. The van der Waals surface area contributed by atoms with Gasteiger partial charge in [-0.05, 0) is 24.3 Å². The summed E-state index contributed by atoms with van der Waals surface area (Å²) >= 11 is 0. The van der Waals surface area contributed by atoms with Crippen LogP contribution in [0, 0.1) is 0 Å². The Morgan fingerprint density at radius 2 is 1.70 bits per heavy atom. The number of sulfonamides is 1. The second-order valence-electron chi connectivity index (χ2n) is 4.99. The average molecular weight is 329 g/mol. The number of aromatic nitrogens is 2. The van der Waals surface area contributed by atoms with E-state index in [0.717, 1.165) is 0 Å². The van der Waals surface area contributed by atoms with E-state index in [4.69, 9.17) is 0 Å². The third kappa shape index (κ3) is 3.46. The van der Waals surface area contributed by atoms with Gasteiger partial charge < -0.3 is 4.98 Å². The fourth-order valence-electron chi connectivity index (χ4n) is 2.24. The fourth-order valence-corrected chi connectivity index (χ4v) is 3.29. The molecular weight excluding hydrogens is 314 g/mol. The molecule has 23 heavy (non-hydrogen) atoms. The molecule has 0 unspecified atom stereocenters. The van der Waals surface area contributed by atoms with E-state index < -0.39 is 10.0 Å². The predicted molar refractivity (Wildman–Crippen MR) is 87.7 cm³/mol. The van der Waals surface area contributed by atoms with E-state index in [0.29, 0.717) is 23.1 Å². The number of nitrogens with one attached hydrogen (secondary N) is 2. The molecule has 0 saturated heterocycles. The molecular formula is C16H15N3O3S. The third-order valence-corrected chi connectivity index (χ3v) is 4.85. The molecule has 0 aliphatic carbocycles. The van der Waals surface area contributed by atoms with Crippen LogP contribution in [0.2, 0.25) is 0 Å². The van der Waals surface area contributed by atoms with Crippen molar-refractivity contribution in [2.75, 3.05) is 6.54 Å². The van der Waals surface area contributed by atoms with E-state index >= 15 is 0 Å². The van der Waals surface area contributed by atoms with Gasteiger partial charge in [-0.1, -0.05) is 30.3 Å². The van der Waals surface area contributed by atoms with Gasteiger partial charge >= 0.3 is 0 Å². The molecule has 0 saturated carbocycles. The van der Waals surface area contributed by atoms with Gasteiger partial charge in [-0.2, -0.15) is 0 Å². The van der Waals surface area contributed by atoms with E-state index in [9.17, 15) is 13.2 Å². The van der Waals surface area contributed by atoms with Crippen LogP contribution < -0.4 is 10.3 Å². The normalized spacial score (nSPS) is 11.7. The topological polar surface area (TPSA) is 91.9 Å². The summed E-state index contributed by atoms with van der Waals surface area (Å²) in [6.07, 6.45) is 0.298. The molecule has 0 bridgehead atoms. The maximum atomic E-state index is 12.1. The van der Waals surface area contributed by atoms with Crippen LogP contribution in [0.3, 0.4) is 0 Å². The molecule has 118 valence electrons. The third-order valence-electron chi connectivity index (χ3n) is 3.37. The lowest BCUT2D eigenvalue weighted by atomic mass is 10.2. The van der Waals surface area contributed by atoms with Crippen LogP contribution in [0.25, 0.3) is 10.9 Å². The Bertz CT molecular complexity index is 982. The van der Waals surface area contributed by atoms with Crippen LogP contribution in [0.15, 0.2) is 64.3 Å². The Morgan fingerprint density at radius 1 is 1.00 bits per heavy atom. The first-order valence-electron chi connectivity index (χ1n) is 7.09. The summed E-state index contributed by atoms with van der Waals surface area (Å²) in [7, 11) is -3.55. The summed E-state index contributed by atoms with van der Waals surface area (Å²) < 4.78 is 26.7. The smallest absolute Gasteiger partial charge is 0.258 e. The predicted octanol–water partition coefficient (Wildman–Crippen LogP) is 1.44. The first-order valence-corrected chi connectivity index (χ1v) is 8.57. The highest BCUT2D eigenvalue weighted by atomic mass is 32.2. The van der Waals surface area contributed by atoms with Gasteiger partial charge in [-0.25, -0.2) is 18.1 Å². The molecule has 0 spiro atoms. The average Bonchev–Trinajstić information content (AvgIpc) is 2.56. The van der Waals surface area contributed by atoms with E-state index in [1.165, 1.54) is 12.1 Å². The Morgan fingerprint density at radius 3 is 2.48 bits per heavy atom. The van der Waals surface area contributed by atoms with Crippen molar-refractivity contribution in [2.24, 2.45) is 0 Å². The Hall–Kier alpha value is -2.51. The number of hydrogen-bond acceptors (Lipinski definition) is 4. The zero-order valence-electron chi connectivity index (χ0n) is 12.2. The highest BCUT2D eigenvalue weighted by Gasteiger charge is 2.12. The van der Waals surface area contributed by atoms with Crippen molar-refractivity contribution >= 4 is 20.9 Å². The van der Waals surface area contributed by atoms with Gasteiger partial charge in [-0.15, -0.1) is 0 Å². The van der Waals surface area contributed by atoms with Crippen molar-refractivity contribution in [3.05, 3.63) is 70.8 Å². The number of para-hydroxylation sites is 1. The van der Waals surface area contributed by atoms with Crippen molar-refractivity contribution in [1.82, 2.24) is 14.7 Å². The number of benzene rings is 2. The van der Waals surface area contributed by atoms with Crippen LogP contribution in [0.1, 0.15) is 5.82 Å². The molecule has 2 N–H and O–H groups in total. The van der Waals surface area contributed by atoms with Gasteiger partial charge in [0.15, 0.2) is 0 Å². The highest BCUT2D eigenvalue weighted by molar-refractivity contribution is 7.89. The van der Waals surface area contributed by atoms with Gasteiger partial charge in [0, 0.05) is 13.0 Å². The van der Waals surface area contributed by atoms with Crippen molar-refractivity contribution in [1.29, 1.82) is 0 Å². The molecule has 6 nitrogen and oxygen atoms in total.